The van der Waals surface area contributed by atoms with Crippen LogP contribution in [0.3, 0.4) is 0 Å². The van der Waals surface area contributed by atoms with Gasteiger partial charge in [0, 0.05) is 44.2 Å². The largest absolute Gasteiger partial charge is 0.368 e. The summed E-state index contributed by atoms with van der Waals surface area (Å²) in [5.74, 6) is -2.93. The molecular weight excluding hydrogens is 456 g/mol. The van der Waals surface area contributed by atoms with Gasteiger partial charge in [-0.25, -0.2) is 18.7 Å². The van der Waals surface area contributed by atoms with E-state index in [0.29, 0.717) is 16.8 Å². The average molecular weight is 484 g/mol. The minimum atomic E-state index is -3.07. The third kappa shape index (κ3) is 4.24. The maximum absolute atomic E-state index is 14.8. The van der Waals surface area contributed by atoms with Gasteiger partial charge in [0.2, 0.25) is 5.95 Å². The van der Waals surface area contributed by atoms with Gasteiger partial charge in [-0.15, -0.1) is 0 Å². The summed E-state index contributed by atoms with van der Waals surface area (Å²) in [5, 5.41) is 6.71. The van der Waals surface area contributed by atoms with Gasteiger partial charge < -0.3 is 15.5 Å². The highest BCUT2D eigenvalue weighted by atomic mass is 19.3. The summed E-state index contributed by atoms with van der Waals surface area (Å²) in [7, 11) is 0. The van der Waals surface area contributed by atoms with Crippen LogP contribution < -0.4 is 21.1 Å². The van der Waals surface area contributed by atoms with Gasteiger partial charge in [0.25, 0.3) is 11.5 Å². The Morgan fingerprint density at radius 2 is 1.97 bits per heavy atom. The molecule has 1 unspecified atom stereocenters. The molecule has 3 aromatic rings. The Morgan fingerprint density at radius 3 is 2.60 bits per heavy atom. The first kappa shape index (κ1) is 23.3. The molecule has 184 valence electrons. The number of rotatable bonds is 5. The summed E-state index contributed by atoms with van der Waals surface area (Å²) < 4.78 is 30.5. The minimum Gasteiger partial charge on any atom is -0.368 e. The van der Waals surface area contributed by atoms with E-state index < -0.39 is 23.3 Å². The van der Waals surface area contributed by atoms with Gasteiger partial charge in [-0.1, -0.05) is 0 Å². The number of carbonyl (C=O) groups is 1. The Kier molecular flexibility index (Phi) is 5.96. The number of aromatic nitrogens is 4. The number of aryl methyl sites for hydroxylation is 1. The average Bonchev–Trinajstić information content (AvgIpc) is 3.18. The molecule has 4 heterocycles. The number of anilines is 3. The molecule has 1 saturated carbocycles. The van der Waals surface area contributed by atoms with Gasteiger partial charge >= 0.3 is 0 Å². The van der Waals surface area contributed by atoms with Crippen molar-refractivity contribution in [2.45, 2.75) is 45.1 Å². The number of hydrogen-bond donors (Lipinski definition) is 2. The first-order valence-electron chi connectivity index (χ1n) is 11.8. The standard InChI is InChI=1S/C24H27F2N7O2/c1-14-17-13-29-23(30-19-6-5-16(12-28-19)32-10-8-27-9-11-32)31-21(17)33(22(35)20(14)15(2)34)18-4-3-7-24(18,25)26/h5-6,12-13,18,27H,3-4,7-11H2,1-2H3,(H,28,29,30,31). The van der Waals surface area contributed by atoms with Crippen LogP contribution in [-0.4, -0.2) is 57.4 Å². The lowest BCUT2D eigenvalue weighted by Gasteiger charge is -2.29. The number of piperazine rings is 1. The van der Waals surface area contributed by atoms with Crippen LogP contribution in [0.4, 0.5) is 26.2 Å². The fourth-order valence-electron chi connectivity index (χ4n) is 5.01. The van der Waals surface area contributed by atoms with E-state index in [1.165, 1.54) is 13.1 Å². The summed E-state index contributed by atoms with van der Waals surface area (Å²) in [6.07, 6.45) is 3.32. The van der Waals surface area contributed by atoms with E-state index >= 15 is 0 Å². The van der Waals surface area contributed by atoms with Crippen LogP contribution in [0.5, 0.6) is 0 Å². The number of nitrogens with one attached hydrogen (secondary N) is 2. The molecule has 2 fully saturated rings. The molecule has 1 saturated heterocycles. The van der Waals surface area contributed by atoms with Crippen molar-refractivity contribution in [2.75, 3.05) is 36.4 Å². The first-order chi connectivity index (χ1) is 16.8. The van der Waals surface area contributed by atoms with Crippen LogP contribution in [0.2, 0.25) is 0 Å². The van der Waals surface area contributed by atoms with Gasteiger partial charge in [0.1, 0.15) is 17.5 Å². The van der Waals surface area contributed by atoms with Crippen molar-refractivity contribution in [3.05, 3.63) is 46.0 Å². The fourth-order valence-corrected chi connectivity index (χ4v) is 5.01. The maximum Gasteiger partial charge on any atom is 0.268 e. The van der Waals surface area contributed by atoms with Crippen molar-refractivity contribution < 1.29 is 13.6 Å². The number of alkyl halides is 2. The molecule has 5 rings (SSSR count). The lowest BCUT2D eigenvalue weighted by molar-refractivity contribution is -0.0305. The van der Waals surface area contributed by atoms with E-state index in [1.807, 2.05) is 6.07 Å². The highest BCUT2D eigenvalue weighted by Gasteiger charge is 2.46. The number of nitrogens with zero attached hydrogens (tertiary/aromatic N) is 5. The zero-order valence-electron chi connectivity index (χ0n) is 19.6. The Morgan fingerprint density at radius 1 is 1.20 bits per heavy atom. The second kappa shape index (κ2) is 8.95. The van der Waals surface area contributed by atoms with Crippen molar-refractivity contribution in [3.8, 4) is 0 Å². The van der Waals surface area contributed by atoms with Crippen molar-refractivity contribution in [1.82, 2.24) is 24.8 Å². The predicted octanol–water partition coefficient (Wildman–Crippen LogP) is 3.21. The Labute approximate surface area is 200 Å². The first-order valence-corrected chi connectivity index (χ1v) is 11.8. The van der Waals surface area contributed by atoms with Gasteiger partial charge in [-0.3, -0.25) is 14.2 Å². The zero-order valence-corrected chi connectivity index (χ0v) is 19.6. The van der Waals surface area contributed by atoms with E-state index in [1.54, 1.807) is 19.2 Å². The summed E-state index contributed by atoms with van der Waals surface area (Å²) in [5.41, 5.74) is 0.632. The third-order valence-corrected chi connectivity index (χ3v) is 6.82. The molecular formula is C24H27F2N7O2. The van der Waals surface area contributed by atoms with Crippen LogP contribution >= 0.6 is 0 Å². The molecule has 0 amide bonds. The number of Topliss-reactive ketones (excluding diaryl/α,β-unsaturated/α-hetero) is 1. The number of carbonyl (C=O) groups excluding carboxylic acids is 1. The highest BCUT2D eigenvalue weighted by molar-refractivity contribution is 5.99. The number of hydrogen-bond acceptors (Lipinski definition) is 8. The lowest BCUT2D eigenvalue weighted by atomic mass is 10.0. The van der Waals surface area contributed by atoms with Crippen LogP contribution in [0, 0.1) is 6.92 Å². The smallest absolute Gasteiger partial charge is 0.268 e. The fraction of sp³-hybridized carbons (Fsp3) is 0.458. The van der Waals surface area contributed by atoms with Gasteiger partial charge in [0.05, 0.1) is 17.4 Å². The molecule has 2 aliphatic rings. The molecule has 35 heavy (non-hydrogen) atoms. The van der Waals surface area contributed by atoms with Gasteiger partial charge in [-0.2, -0.15) is 4.98 Å². The monoisotopic (exact) mass is 483 g/mol. The van der Waals surface area contributed by atoms with Crippen molar-refractivity contribution in [3.63, 3.8) is 0 Å². The normalized spacial score (nSPS) is 19.8. The van der Waals surface area contributed by atoms with Crippen molar-refractivity contribution in [2.24, 2.45) is 0 Å². The SMILES string of the molecule is CC(=O)c1c(C)c2cnc(Nc3ccc(N4CCNCC4)cn3)nc2n(C2CCCC2(F)F)c1=O. The Balaban J connectivity index is 1.55. The zero-order chi connectivity index (χ0) is 24.7. The highest BCUT2D eigenvalue weighted by Crippen LogP contribution is 2.44. The van der Waals surface area contributed by atoms with E-state index in [0.717, 1.165) is 36.4 Å². The molecule has 9 nitrogen and oxygen atoms in total. The Hall–Kier alpha value is -3.47. The topological polar surface area (TPSA) is 105 Å². The summed E-state index contributed by atoms with van der Waals surface area (Å²) in [4.78, 5) is 41.0. The van der Waals surface area contributed by atoms with Crippen LogP contribution in [0.15, 0.2) is 29.3 Å². The molecule has 0 bridgehead atoms. The summed E-state index contributed by atoms with van der Waals surface area (Å²) in [6.45, 7) is 6.50. The lowest BCUT2D eigenvalue weighted by Crippen LogP contribution is -2.43. The molecule has 1 aliphatic heterocycles. The number of halogens is 2. The van der Waals surface area contributed by atoms with Crippen LogP contribution in [-0.2, 0) is 0 Å². The van der Waals surface area contributed by atoms with E-state index in [9.17, 15) is 18.4 Å². The van der Waals surface area contributed by atoms with Gasteiger partial charge in [-0.05, 0) is 44.4 Å². The molecule has 3 aromatic heterocycles. The molecule has 1 atom stereocenters. The molecule has 11 heteroatoms. The predicted molar refractivity (Wildman–Crippen MR) is 129 cm³/mol. The summed E-state index contributed by atoms with van der Waals surface area (Å²) in [6, 6.07) is 2.38. The van der Waals surface area contributed by atoms with E-state index in [2.05, 4.69) is 30.5 Å². The quantitative estimate of drug-likeness (QED) is 0.533. The second-order valence-electron chi connectivity index (χ2n) is 9.09. The Bertz CT molecular complexity index is 1330. The minimum absolute atomic E-state index is 0.0824. The second-order valence-corrected chi connectivity index (χ2v) is 9.09. The molecule has 1 aliphatic carbocycles. The molecule has 0 radical (unpaired) electrons. The number of pyridine rings is 2. The van der Waals surface area contributed by atoms with Gasteiger partial charge in [0.15, 0.2) is 5.78 Å². The van der Waals surface area contributed by atoms with E-state index in [4.69, 9.17) is 0 Å². The number of fused-ring (bicyclic) bond motifs is 1. The number of ketones is 1. The maximum atomic E-state index is 14.8. The van der Waals surface area contributed by atoms with Crippen LogP contribution in [0.25, 0.3) is 11.0 Å². The third-order valence-electron chi connectivity index (χ3n) is 6.82. The molecule has 0 spiro atoms. The molecule has 0 aromatic carbocycles. The van der Waals surface area contributed by atoms with Crippen LogP contribution in [0.1, 0.15) is 48.1 Å². The van der Waals surface area contributed by atoms with Crippen molar-refractivity contribution >= 4 is 34.3 Å². The summed E-state index contributed by atoms with van der Waals surface area (Å²) >= 11 is 0. The van der Waals surface area contributed by atoms with Crippen molar-refractivity contribution in [1.29, 1.82) is 0 Å². The molecule has 2 N–H and O–H groups in total. The van der Waals surface area contributed by atoms with E-state index in [-0.39, 0.29) is 36.4 Å².